The summed E-state index contributed by atoms with van der Waals surface area (Å²) in [6.07, 6.45) is -4.94. The normalized spacial score (nSPS) is 11.3. The molecular formula is C39H36F3NO9. The van der Waals surface area contributed by atoms with Gasteiger partial charge < -0.3 is 24.3 Å². The van der Waals surface area contributed by atoms with Crippen LogP contribution in [0.25, 0.3) is 11.1 Å². The molecule has 0 aliphatic carbocycles. The maximum atomic E-state index is 13.5. The minimum absolute atomic E-state index is 0.00146. The maximum absolute atomic E-state index is 13.5. The molecule has 4 aromatic carbocycles. The van der Waals surface area contributed by atoms with E-state index < -0.39 is 60.0 Å². The highest BCUT2D eigenvalue weighted by atomic mass is 19.4. The lowest BCUT2D eigenvalue weighted by atomic mass is 9.81. The van der Waals surface area contributed by atoms with Crippen molar-refractivity contribution in [3.63, 3.8) is 0 Å². The largest absolute Gasteiger partial charge is 0.465 e. The molecule has 0 aliphatic rings. The first kappa shape index (κ1) is 38.8. The molecule has 0 heterocycles. The van der Waals surface area contributed by atoms with E-state index in [1.165, 1.54) is 48.5 Å². The molecule has 10 nitrogen and oxygen atoms in total. The first-order valence-electron chi connectivity index (χ1n) is 16.3. The lowest BCUT2D eigenvalue weighted by Crippen LogP contribution is -2.50. The summed E-state index contributed by atoms with van der Waals surface area (Å²) in [6.45, 7) is 3.88. The molecule has 4 aromatic rings. The summed E-state index contributed by atoms with van der Waals surface area (Å²) in [4.78, 5) is 66.3. The van der Waals surface area contributed by atoms with Crippen LogP contribution in [0.5, 0.6) is 0 Å². The zero-order chi connectivity index (χ0) is 37.9. The van der Waals surface area contributed by atoms with Crippen molar-refractivity contribution in [3.05, 3.63) is 125 Å². The molecule has 4 rings (SSSR count). The van der Waals surface area contributed by atoms with Crippen LogP contribution in [0.1, 0.15) is 58.2 Å². The van der Waals surface area contributed by atoms with Crippen LogP contribution >= 0.6 is 0 Å². The summed E-state index contributed by atoms with van der Waals surface area (Å²) < 4.78 is 60.5. The van der Waals surface area contributed by atoms with Crippen molar-refractivity contribution in [1.82, 2.24) is 0 Å². The third kappa shape index (κ3) is 9.02. The minimum Gasteiger partial charge on any atom is -0.465 e. The monoisotopic (exact) mass is 719 g/mol. The Morgan fingerprint density at radius 2 is 1.23 bits per heavy atom. The molecule has 0 fully saturated rings. The second kappa shape index (κ2) is 17.3. The van der Waals surface area contributed by atoms with E-state index in [2.05, 4.69) is 5.32 Å². The Balaban J connectivity index is 1.59. The van der Waals surface area contributed by atoms with Crippen LogP contribution in [-0.2, 0) is 51.3 Å². The molecule has 0 radical (unpaired) electrons. The van der Waals surface area contributed by atoms with Gasteiger partial charge in [0.2, 0.25) is 5.41 Å². The molecule has 0 saturated carbocycles. The number of rotatable bonds is 14. The van der Waals surface area contributed by atoms with Gasteiger partial charge in [0.05, 0.1) is 43.1 Å². The van der Waals surface area contributed by atoms with Gasteiger partial charge in [-0.2, -0.15) is 13.2 Å². The Kier molecular flexibility index (Phi) is 12.9. The van der Waals surface area contributed by atoms with Gasteiger partial charge in [-0.05, 0) is 73.4 Å². The van der Waals surface area contributed by atoms with E-state index in [0.29, 0.717) is 11.1 Å². The molecule has 0 aliphatic heterocycles. The highest BCUT2D eigenvalue weighted by molar-refractivity contribution is 6.11. The molecule has 272 valence electrons. The van der Waals surface area contributed by atoms with Crippen LogP contribution in [0.3, 0.4) is 0 Å². The van der Waals surface area contributed by atoms with Crippen molar-refractivity contribution in [2.75, 3.05) is 31.7 Å². The van der Waals surface area contributed by atoms with Gasteiger partial charge in [0.25, 0.3) is 5.91 Å². The lowest BCUT2D eigenvalue weighted by molar-refractivity contribution is -0.170. The first-order valence-corrected chi connectivity index (χ1v) is 16.3. The van der Waals surface area contributed by atoms with Gasteiger partial charge in [0, 0.05) is 5.56 Å². The average Bonchev–Trinajstić information content (AvgIpc) is 3.13. The van der Waals surface area contributed by atoms with Crippen molar-refractivity contribution >= 4 is 35.5 Å². The Hall–Kier alpha value is -5.98. The number of anilines is 1. The number of amides is 1. The first-order chi connectivity index (χ1) is 24.8. The number of ether oxygens (including phenoxy) is 4. The van der Waals surface area contributed by atoms with Crippen molar-refractivity contribution in [2.24, 2.45) is 0 Å². The number of halogens is 3. The lowest BCUT2D eigenvalue weighted by Gasteiger charge is -2.29. The number of carbonyl (C=O) groups excluding carboxylic acids is 5. The summed E-state index contributed by atoms with van der Waals surface area (Å²) in [5.41, 5.74) is -1.70. The van der Waals surface area contributed by atoms with Gasteiger partial charge in [-0.3, -0.25) is 19.2 Å². The van der Waals surface area contributed by atoms with Gasteiger partial charge in [0.15, 0.2) is 0 Å². The second-order valence-corrected chi connectivity index (χ2v) is 11.2. The van der Waals surface area contributed by atoms with Crippen LogP contribution in [-0.4, -0.2) is 56.2 Å². The van der Waals surface area contributed by atoms with E-state index >= 15 is 0 Å². The number of hydrogen-bond acceptors (Lipinski definition) is 9. The minimum atomic E-state index is -4.53. The highest BCUT2D eigenvalue weighted by Crippen LogP contribution is 2.33. The van der Waals surface area contributed by atoms with E-state index in [9.17, 15) is 37.1 Å². The van der Waals surface area contributed by atoms with E-state index in [1.54, 1.807) is 57.2 Å². The smallest absolute Gasteiger partial charge is 0.416 e. The number of nitrogens with one attached hydrogen (secondary N) is 1. The number of hydrogen-bond donors (Lipinski definition) is 1. The number of benzene rings is 4. The highest BCUT2D eigenvalue weighted by Gasteiger charge is 2.52. The Morgan fingerprint density at radius 1 is 0.635 bits per heavy atom. The number of carbonyl (C=O) groups is 5. The Labute approximate surface area is 297 Å². The molecule has 1 amide bonds. The fourth-order valence-electron chi connectivity index (χ4n) is 5.31. The molecule has 0 saturated heterocycles. The third-order valence-electron chi connectivity index (χ3n) is 7.83. The standard InChI is InChI=1S/C39H36F3NO9/c1-4-49-35(46)31-22-25(23-33(44)52-24-38(36(47)50-5-2,37(48)51-6-3)27-12-8-7-9-13-27)16-21-32(31)43-34(45)30-15-11-10-14-29(30)26-17-19-28(20-18-26)39(40,41)42/h7-22H,4-6,23-24H2,1-3H3,(H,43,45). The maximum Gasteiger partial charge on any atom is 0.416 e. The fraction of sp³-hybridized carbons (Fsp3) is 0.256. The molecule has 1 N–H and O–H groups in total. The predicted molar refractivity (Wildman–Crippen MR) is 183 cm³/mol. The molecule has 0 unspecified atom stereocenters. The number of esters is 4. The van der Waals surface area contributed by atoms with Crippen molar-refractivity contribution in [3.8, 4) is 11.1 Å². The van der Waals surface area contributed by atoms with Crippen LogP contribution in [0, 0.1) is 0 Å². The van der Waals surface area contributed by atoms with Gasteiger partial charge >= 0.3 is 30.1 Å². The van der Waals surface area contributed by atoms with Crippen LogP contribution < -0.4 is 5.32 Å². The van der Waals surface area contributed by atoms with Gasteiger partial charge in [-0.15, -0.1) is 0 Å². The van der Waals surface area contributed by atoms with Crippen molar-refractivity contribution in [2.45, 2.75) is 38.8 Å². The quantitative estimate of drug-likeness (QED) is 0.0835. The summed E-state index contributed by atoms with van der Waals surface area (Å²) in [7, 11) is 0. The fourth-order valence-corrected chi connectivity index (χ4v) is 5.31. The Bertz CT molecular complexity index is 1890. The van der Waals surface area contributed by atoms with E-state index in [-0.39, 0.29) is 47.8 Å². The topological polar surface area (TPSA) is 134 Å². The summed E-state index contributed by atoms with van der Waals surface area (Å²) in [5.74, 6) is -4.25. The van der Waals surface area contributed by atoms with E-state index in [1.807, 2.05) is 0 Å². The summed E-state index contributed by atoms with van der Waals surface area (Å²) >= 11 is 0. The molecule has 0 bridgehead atoms. The van der Waals surface area contributed by atoms with Gasteiger partial charge in [-0.1, -0.05) is 66.7 Å². The molecule has 0 atom stereocenters. The van der Waals surface area contributed by atoms with Crippen LogP contribution in [0.15, 0.2) is 97.1 Å². The van der Waals surface area contributed by atoms with Crippen molar-refractivity contribution in [1.29, 1.82) is 0 Å². The predicted octanol–water partition coefficient (Wildman–Crippen LogP) is 6.95. The zero-order valence-electron chi connectivity index (χ0n) is 28.6. The van der Waals surface area contributed by atoms with Gasteiger partial charge in [-0.25, -0.2) is 4.79 Å². The second-order valence-electron chi connectivity index (χ2n) is 11.2. The van der Waals surface area contributed by atoms with E-state index in [4.69, 9.17) is 18.9 Å². The van der Waals surface area contributed by atoms with E-state index in [0.717, 1.165) is 12.1 Å². The molecule has 0 spiro atoms. The third-order valence-corrected chi connectivity index (χ3v) is 7.83. The number of alkyl halides is 3. The van der Waals surface area contributed by atoms with Crippen LogP contribution in [0.2, 0.25) is 0 Å². The molecule has 13 heteroatoms. The average molecular weight is 720 g/mol. The Morgan fingerprint density at radius 3 is 1.83 bits per heavy atom. The SMILES string of the molecule is CCOC(=O)c1cc(CC(=O)OCC(C(=O)OCC)(C(=O)OCC)c2ccccc2)ccc1NC(=O)c1ccccc1-c1ccc(C(F)(F)F)cc1. The molecule has 52 heavy (non-hydrogen) atoms. The van der Waals surface area contributed by atoms with Crippen LogP contribution in [0.4, 0.5) is 18.9 Å². The molecule has 0 aromatic heterocycles. The zero-order valence-corrected chi connectivity index (χ0v) is 28.6. The van der Waals surface area contributed by atoms with Crippen molar-refractivity contribution < 1.29 is 56.1 Å². The summed E-state index contributed by atoms with van der Waals surface area (Å²) in [6, 6.07) is 22.7. The van der Waals surface area contributed by atoms with Gasteiger partial charge in [0.1, 0.15) is 6.61 Å². The summed E-state index contributed by atoms with van der Waals surface area (Å²) in [5, 5.41) is 2.67. The molecular weight excluding hydrogens is 683 g/mol.